The summed E-state index contributed by atoms with van der Waals surface area (Å²) in [7, 11) is 0. The maximum absolute atomic E-state index is 14.6. The molecule has 0 fully saturated rings. The van der Waals surface area contributed by atoms with Gasteiger partial charge in [-0.15, -0.1) is 0 Å². The number of halogens is 2. The fraction of sp³-hybridized carbons (Fsp3) is 0.200. The van der Waals surface area contributed by atoms with Crippen LogP contribution in [0.25, 0.3) is 22.8 Å². The Hall–Kier alpha value is -4.58. The van der Waals surface area contributed by atoms with Gasteiger partial charge < -0.3 is 14.4 Å². The molecule has 47 heavy (non-hydrogen) atoms. The van der Waals surface area contributed by atoms with Crippen molar-refractivity contribution in [2.24, 2.45) is 0 Å². The van der Waals surface area contributed by atoms with Crippen LogP contribution in [0.15, 0.2) is 114 Å². The van der Waals surface area contributed by atoms with E-state index in [2.05, 4.69) is 30.3 Å². The molecule has 0 saturated carbocycles. The van der Waals surface area contributed by atoms with E-state index in [1.807, 2.05) is 105 Å². The van der Waals surface area contributed by atoms with E-state index in [-0.39, 0.29) is 11.3 Å². The van der Waals surface area contributed by atoms with E-state index in [0.717, 1.165) is 44.6 Å². The van der Waals surface area contributed by atoms with Crippen LogP contribution in [-0.4, -0.2) is 30.2 Å². The molecular formula is C40H33Cl2NO4. The van der Waals surface area contributed by atoms with E-state index in [0.29, 0.717) is 10.0 Å². The van der Waals surface area contributed by atoms with Gasteiger partial charge in [0.25, 0.3) is 0 Å². The smallest absolute Gasteiger partial charge is 0.355 e. The van der Waals surface area contributed by atoms with Crippen LogP contribution in [0.3, 0.4) is 0 Å². The topological polar surface area (TPSA) is 55.8 Å². The summed E-state index contributed by atoms with van der Waals surface area (Å²) in [5.41, 5.74) is 6.79. The van der Waals surface area contributed by atoms with E-state index in [9.17, 15) is 9.59 Å². The lowest BCUT2D eigenvalue weighted by atomic mass is 9.67. The zero-order valence-corrected chi connectivity index (χ0v) is 28.0. The number of para-hydroxylation sites is 1. The van der Waals surface area contributed by atoms with Gasteiger partial charge in [-0.05, 0) is 79.3 Å². The zero-order valence-electron chi connectivity index (χ0n) is 26.5. The van der Waals surface area contributed by atoms with E-state index >= 15 is 0 Å². The molecule has 2 aliphatic heterocycles. The van der Waals surface area contributed by atoms with Crippen molar-refractivity contribution in [2.75, 3.05) is 4.90 Å². The van der Waals surface area contributed by atoms with Crippen molar-refractivity contribution in [3.63, 3.8) is 0 Å². The first-order valence-corrected chi connectivity index (χ1v) is 16.5. The summed E-state index contributed by atoms with van der Waals surface area (Å²) in [6.45, 7) is 7.25. The summed E-state index contributed by atoms with van der Waals surface area (Å²) < 4.78 is 11.9. The average Bonchev–Trinajstić information content (AvgIpc) is 3.52. The van der Waals surface area contributed by atoms with Crippen LogP contribution in [-0.2, 0) is 24.5 Å². The van der Waals surface area contributed by atoms with Gasteiger partial charge in [0.05, 0.1) is 39.3 Å². The van der Waals surface area contributed by atoms with Gasteiger partial charge >= 0.3 is 11.9 Å². The quantitative estimate of drug-likeness (QED) is 0.193. The second-order valence-electron chi connectivity index (χ2n) is 12.5. The van der Waals surface area contributed by atoms with E-state index in [4.69, 9.17) is 32.7 Å². The van der Waals surface area contributed by atoms with Crippen molar-refractivity contribution < 1.29 is 19.1 Å². The molecule has 0 saturated heterocycles. The molecule has 7 heteroatoms. The number of allylic oxidation sites excluding steroid dienone is 2. The van der Waals surface area contributed by atoms with Crippen LogP contribution in [0.2, 0.25) is 10.0 Å². The lowest BCUT2D eigenvalue weighted by molar-refractivity contribution is -0.146. The van der Waals surface area contributed by atoms with E-state index in [1.54, 1.807) is 6.07 Å². The van der Waals surface area contributed by atoms with Gasteiger partial charge in [0.2, 0.25) is 0 Å². The number of ether oxygens (including phenoxy) is 2. The highest BCUT2D eigenvalue weighted by Crippen LogP contribution is 2.62. The Morgan fingerprint density at radius 2 is 1.30 bits per heavy atom. The molecule has 1 atom stereocenters. The third-order valence-corrected chi connectivity index (χ3v) is 9.62. The maximum Gasteiger partial charge on any atom is 0.355 e. The maximum atomic E-state index is 14.6. The molecule has 0 aromatic heterocycles. The Kier molecular flexibility index (Phi) is 7.86. The predicted molar refractivity (Wildman–Crippen MR) is 188 cm³/mol. The van der Waals surface area contributed by atoms with E-state index < -0.39 is 35.6 Å². The van der Waals surface area contributed by atoms with Crippen molar-refractivity contribution in [3.8, 4) is 11.1 Å². The minimum atomic E-state index is -1.08. The molecule has 5 nitrogen and oxygen atoms in total. The number of nitrogens with zero attached hydrogens (tertiary/aromatic N) is 1. The zero-order chi connectivity index (χ0) is 33.0. The first kappa shape index (κ1) is 31.0. The highest BCUT2D eigenvalue weighted by atomic mass is 35.5. The molecule has 7 rings (SSSR count). The second kappa shape index (κ2) is 11.9. The Morgan fingerprint density at radius 3 is 1.91 bits per heavy atom. The molecule has 1 unspecified atom stereocenters. The van der Waals surface area contributed by atoms with E-state index in [1.165, 1.54) is 0 Å². The first-order chi connectivity index (χ1) is 22.6. The van der Waals surface area contributed by atoms with Gasteiger partial charge in [-0.3, -0.25) is 0 Å². The Balaban J connectivity index is 1.56. The molecule has 0 amide bonds. The number of esters is 2. The molecule has 236 valence electrons. The third-order valence-electron chi connectivity index (χ3n) is 8.88. The van der Waals surface area contributed by atoms with Crippen LogP contribution in [0.5, 0.6) is 0 Å². The van der Waals surface area contributed by atoms with Crippen LogP contribution in [0, 0.1) is 0 Å². The van der Waals surface area contributed by atoms with Gasteiger partial charge in [0.15, 0.2) is 0 Å². The molecule has 3 aliphatic rings. The number of rotatable bonds is 6. The van der Waals surface area contributed by atoms with Crippen molar-refractivity contribution in [2.45, 2.75) is 51.4 Å². The minimum absolute atomic E-state index is 0.192. The number of anilines is 1. The molecule has 1 spiro atoms. The average molecular weight is 663 g/mol. The summed E-state index contributed by atoms with van der Waals surface area (Å²) >= 11 is 12.5. The number of fused-ring (bicyclic) bond motifs is 9. The molecule has 4 aromatic carbocycles. The first-order valence-electron chi connectivity index (χ1n) is 15.7. The summed E-state index contributed by atoms with van der Waals surface area (Å²) in [5.74, 6) is -1.12. The lowest BCUT2D eigenvalue weighted by Gasteiger charge is -2.41. The Bertz CT molecular complexity index is 1990. The highest BCUT2D eigenvalue weighted by Gasteiger charge is 2.63. The van der Waals surface area contributed by atoms with Crippen molar-refractivity contribution in [3.05, 3.63) is 147 Å². The van der Waals surface area contributed by atoms with Crippen LogP contribution >= 0.6 is 23.2 Å². The van der Waals surface area contributed by atoms with Crippen molar-refractivity contribution in [1.82, 2.24) is 0 Å². The third kappa shape index (κ3) is 4.92. The number of hydrogen-bond acceptors (Lipinski definition) is 5. The summed E-state index contributed by atoms with van der Waals surface area (Å²) in [6, 6.07) is 29.2. The predicted octanol–water partition coefficient (Wildman–Crippen LogP) is 9.42. The SMILES string of the molecule is CC(C)OC(=O)C1=C(C(=O)OC(C)C)C2(c3ccccc3-c3ccccc32)C2C=C(/C=C/c3ccc(Cl)c(Cl)c3)c3ccccc3N12. The largest absolute Gasteiger partial charge is 0.460 e. The second-order valence-corrected chi connectivity index (χ2v) is 13.3. The van der Waals surface area contributed by atoms with Crippen LogP contribution in [0.4, 0.5) is 5.69 Å². The van der Waals surface area contributed by atoms with Crippen molar-refractivity contribution >= 4 is 52.5 Å². The number of carbonyl (C=O) groups is 2. The van der Waals surface area contributed by atoms with Gasteiger partial charge in [-0.2, -0.15) is 0 Å². The molecular weight excluding hydrogens is 629 g/mol. The number of hydrogen-bond donors (Lipinski definition) is 0. The number of benzene rings is 4. The summed E-state index contributed by atoms with van der Waals surface area (Å²) in [4.78, 5) is 30.9. The van der Waals surface area contributed by atoms with Gasteiger partial charge in [0.1, 0.15) is 5.70 Å². The minimum Gasteiger partial charge on any atom is -0.460 e. The van der Waals surface area contributed by atoms with Crippen LogP contribution in [0.1, 0.15) is 49.9 Å². The highest BCUT2D eigenvalue weighted by molar-refractivity contribution is 6.42. The monoisotopic (exact) mass is 661 g/mol. The molecule has 4 aromatic rings. The summed E-state index contributed by atoms with van der Waals surface area (Å²) in [5, 5.41) is 0.957. The molecule has 0 radical (unpaired) electrons. The fourth-order valence-corrected chi connectivity index (χ4v) is 7.56. The molecule has 0 N–H and O–H groups in total. The molecule has 2 heterocycles. The lowest BCUT2D eigenvalue weighted by Crippen LogP contribution is -2.47. The molecule has 0 bridgehead atoms. The van der Waals surface area contributed by atoms with Gasteiger partial charge in [-0.1, -0.05) is 114 Å². The van der Waals surface area contributed by atoms with Crippen LogP contribution < -0.4 is 4.90 Å². The van der Waals surface area contributed by atoms with Crippen molar-refractivity contribution in [1.29, 1.82) is 0 Å². The van der Waals surface area contributed by atoms with Gasteiger partial charge in [0, 0.05) is 11.3 Å². The summed E-state index contributed by atoms with van der Waals surface area (Å²) in [6.07, 6.45) is 5.39. The normalized spacial score (nSPS) is 17.1. The Morgan fingerprint density at radius 1 is 0.723 bits per heavy atom. The van der Waals surface area contributed by atoms with Gasteiger partial charge in [-0.25, -0.2) is 9.59 Å². The fourth-order valence-electron chi connectivity index (χ4n) is 7.25. The molecule has 1 aliphatic carbocycles. The number of carbonyl (C=O) groups excluding carboxylic acids is 2. The standard InChI is InChI=1S/C40H33Cl2NO4/c1-23(2)46-38(44)36-37(39(45)47-24(3)4)43-34-16-10-7-11-27(34)26(19-17-25-18-20-32(41)33(42)21-25)22-35(43)40(36)30-14-8-5-12-28(30)29-13-6-9-15-31(29)40/h5-24,35H,1-4H3/b19-17+. The Labute approximate surface area is 284 Å².